The van der Waals surface area contributed by atoms with Gasteiger partial charge in [-0.1, -0.05) is 60.7 Å². The molecular weight excluding hydrogens is 381 g/mol. The van der Waals surface area contributed by atoms with Crippen molar-refractivity contribution in [3.63, 3.8) is 0 Å². The first kappa shape index (κ1) is 23.4. The van der Waals surface area contributed by atoms with Gasteiger partial charge in [-0.2, -0.15) is 0 Å². The van der Waals surface area contributed by atoms with Crippen LogP contribution < -0.4 is 5.73 Å². The lowest BCUT2D eigenvalue weighted by Crippen LogP contribution is -2.51. The predicted molar refractivity (Wildman–Crippen MR) is 115 cm³/mol. The number of halogens is 2. The summed E-state index contributed by atoms with van der Waals surface area (Å²) in [6.45, 7) is 6.13. The van der Waals surface area contributed by atoms with E-state index in [2.05, 4.69) is 29.2 Å². The Bertz CT molecular complexity index is 695. The van der Waals surface area contributed by atoms with E-state index in [4.69, 9.17) is 5.73 Å². The molecule has 2 aromatic rings. The number of carbonyl (C=O) groups excluding carboxylic acids is 1. The molecule has 2 N–H and O–H groups in total. The fourth-order valence-electron chi connectivity index (χ4n) is 3.41. The van der Waals surface area contributed by atoms with Gasteiger partial charge >= 0.3 is 0 Å². The molecule has 148 valence electrons. The van der Waals surface area contributed by atoms with Crippen LogP contribution in [0.2, 0.25) is 0 Å². The molecule has 1 atom stereocenters. The van der Waals surface area contributed by atoms with Crippen molar-refractivity contribution in [2.75, 3.05) is 26.2 Å². The van der Waals surface area contributed by atoms with Crippen molar-refractivity contribution < 1.29 is 4.79 Å². The topological polar surface area (TPSA) is 49.6 Å². The maximum Gasteiger partial charge on any atom is 0.247 e. The first-order chi connectivity index (χ1) is 12.1. The Morgan fingerprint density at radius 2 is 1.52 bits per heavy atom. The minimum absolute atomic E-state index is 0. The van der Waals surface area contributed by atoms with E-state index in [0.29, 0.717) is 0 Å². The summed E-state index contributed by atoms with van der Waals surface area (Å²) in [4.78, 5) is 17.4. The van der Waals surface area contributed by atoms with Crippen LogP contribution in [0.25, 0.3) is 0 Å². The molecule has 0 radical (unpaired) electrons. The van der Waals surface area contributed by atoms with Crippen LogP contribution in [0.15, 0.2) is 60.7 Å². The van der Waals surface area contributed by atoms with Gasteiger partial charge in [-0.3, -0.25) is 9.69 Å². The molecule has 0 saturated carbocycles. The number of nitrogens with two attached hydrogens (primary N) is 1. The lowest BCUT2D eigenvalue weighted by atomic mass is 9.91. The number of hydrogen-bond donors (Lipinski definition) is 1. The van der Waals surface area contributed by atoms with Crippen LogP contribution in [-0.2, 0) is 16.9 Å². The molecule has 1 fully saturated rings. The highest BCUT2D eigenvalue weighted by Crippen LogP contribution is 2.21. The van der Waals surface area contributed by atoms with E-state index < -0.39 is 5.54 Å². The minimum Gasteiger partial charge on any atom is -0.339 e. The van der Waals surface area contributed by atoms with Crippen molar-refractivity contribution in [3.05, 3.63) is 71.8 Å². The molecule has 1 saturated heterocycles. The second-order valence-electron chi connectivity index (χ2n) is 6.98. The fourth-order valence-corrected chi connectivity index (χ4v) is 3.41. The standard InChI is InChI=1S/C21H27N3O.2ClH/c1-21(22,19-11-6-3-7-12-19)20(25)24-14-8-13-23(15-16-24)17-18-9-4-2-5-10-18;;/h2-7,9-12H,8,13-17,22H2,1H3;2*1H. The summed E-state index contributed by atoms with van der Waals surface area (Å²) in [5.41, 5.74) is 7.62. The molecule has 6 heteroatoms. The van der Waals surface area contributed by atoms with Crippen molar-refractivity contribution >= 4 is 30.7 Å². The van der Waals surface area contributed by atoms with Gasteiger partial charge in [0.15, 0.2) is 0 Å². The maximum absolute atomic E-state index is 13.0. The van der Waals surface area contributed by atoms with Gasteiger partial charge in [-0.25, -0.2) is 0 Å². The molecular formula is C21H29Cl2N3O. The van der Waals surface area contributed by atoms with Crippen molar-refractivity contribution in [2.45, 2.75) is 25.4 Å². The average Bonchev–Trinajstić information content (AvgIpc) is 2.88. The molecule has 0 spiro atoms. The van der Waals surface area contributed by atoms with Gasteiger partial charge in [-0.15, -0.1) is 24.8 Å². The predicted octanol–water partition coefficient (Wildman–Crippen LogP) is 3.44. The highest BCUT2D eigenvalue weighted by molar-refractivity contribution is 5.87. The van der Waals surface area contributed by atoms with Gasteiger partial charge < -0.3 is 10.6 Å². The van der Waals surface area contributed by atoms with Crippen LogP contribution in [0.5, 0.6) is 0 Å². The molecule has 0 aliphatic carbocycles. The maximum atomic E-state index is 13.0. The lowest BCUT2D eigenvalue weighted by molar-refractivity contribution is -0.136. The number of hydrogen-bond acceptors (Lipinski definition) is 3. The van der Waals surface area contributed by atoms with E-state index in [1.165, 1.54) is 5.56 Å². The van der Waals surface area contributed by atoms with E-state index in [1.54, 1.807) is 0 Å². The summed E-state index contributed by atoms with van der Waals surface area (Å²) in [5, 5.41) is 0. The third-order valence-corrected chi connectivity index (χ3v) is 4.94. The van der Waals surface area contributed by atoms with Crippen molar-refractivity contribution in [1.82, 2.24) is 9.80 Å². The molecule has 4 nitrogen and oxygen atoms in total. The van der Waals surface area contributed by atoms with Crippen LogP contribution >= 0.6 is 24.8 Å². The van der Waals surface area contributed by atoms with E-state index in [0.717, 1.165) is 44.7 Å². The summed E-state index contributed by atoms with van der Waals surface area (Å²) in [7, 11) is 0. The van der Waals surface area contributed by atoms with Crippen LogP contribution in [0.4, 0.5) is 0 Å². The fraction of sp³-hybridized carbons (Fsp3) is 0.381. The molecule has 1 aliphatic rings. The molecule has 0 aromatic heterocycles. The van der Waals surface area contributed by atoms with Crippen LogP contribution in [0, 0.1) is 0 Å². The lowest BCUT2D eigenvalue weighted by Gasteiger charge is -2.31. The molecule has 2 aromatic carbocycles. The van der Waals surface area contributed by atoms with Gasteiger partial charge in [0.25, 0.3) is 0 Å². The highest BCUT2D eigenvalue weighted by Gasteiger charge is 2.34. The molecule has 1 unspecified atom stereocenters. The van der Waals surface area contributed by atoms with E-state index >= 15 is 0 Å². The average molecular weight is 410 g/mol. The SMILES string of the molecule is CC(N)(C(=O)N1CCCN(Cc2ccccc2)CC1)c1ccccc1.Cl.Cl. The zero-order valence-electron chi connectivity index (χ0n) is 15.7. The van der Waals surface area contributed by atoms with Crippen LogP contribution in [0.3, 0.4) is 0 Å². The number of carbonyl (C=O) groups is 1. The van der Waals surface area contributed by atoms with E-state index in [1.807, 2.05) is 48.2 Å². The van der Waals surface area contributed by atoms with Crippen molar-refractivity contribution in [1.29, 1.82) is 0 Å². The number of benzene rings is 2. The van der Waals surface area contributed by atoms with Gasteiger partial charge in [0.1, 0.15) is 5.54 Å². The quantitative estimate of drug-likeness (QED) is 0.840. The smallest absolute Gasteiger partial charge is 0.247 e. The molecule has 1 amide bonds. The van der Waals surface area contributed by atoms with E-state index in [-0.39, 0.29) is 30.7 Å². The van der Waals surface area contributed by atoms with Gasteiger partial charge in [-0.05, 0) is 24.5 Å². The molecule has 27 heavy (non-hydrogen) atoms. The first-order valence-corrected chi connectivity index (χ1v) is 8.97. The Morgan fingerprint density at radius 3 is 2.15 bits per heavy atom. The Morgan fingerprint density at radius 1 is 0.926 bits per heavy atom. The molecule has 3 rings (SSSR count). The minimum atomic E-state index is -0.976. The molecule has 1 heterocycles. The van der Waals surface area contributed by atoms with Gasteiger partial charge in [0.05, 0.1) is 0 Å². The second-order valence-corrected chi connectivity index (χ2v) is 6.98. The monoisotopic (exact) mass is 409 g/mol. The summed E-state index contributed by atoms with van der Waals surface area (Å²) < 4.78 is 0. The number of amides is 1. The first-order valence-electron chi connectivity index (χ1n) is 8.97. The highest BCUT2D eigenvalue weighted by atomic mass is 35.5. The molecule has 1 aliphatic heterocycles. The summed E-state index contributed by atoms with van der Waals surface area (Å²) >= 11 is 0. The second kappa shape index (κ2) is 10.7. The summed E-state index contributed by atoms with van der Waals surface area (Å²) in [6, 6.07) is 20.1. The Hall–Kier alpha value is -1.59. The van der Waals surface area contributed by atoms with Gasteiger partial charge in [0, 0.05) is 32.7 Å². The Labute approximate surface area is 174 Å². The van der Waals surface area contributed by atoms with E-state index in [9.17, 15) is 4.79 Å². The zero-order valence-corrected chi connectivity index (χ0v) is 17.3. The largest absolute Gasteiger partial charge is 0.339 e. The Kier molecular flexibility index (Phi) is 9.27. The normalized spacial score (nSPS) is 17.0. The summed E-state index contributed by atoms with van der Waals surface area (Å²) in [6.07, 6.45) is 0.976. The van der Waals surface area contributed by atoms with Crippen LogP contribution in [-0.4, -0.2) is 41.9 Å². The van der Waals surface area contributed by atoms with Crippen molar-refractivity contribution in [3.8, 4) is 0 Å². The molecule has 0 bridgehead atoms. The third kappa shape index (κ3) is 5.94. The number of rotatable bonds is 4. The zero-order chi connectivity index (χ0) is 17.7. The van der Waals surface area contributed by atoms with Gasteiger partial charge in [0.2, 0.25) is 5.91 Å². The Balaban J connectivity index is 0.00000182. The number of nitrogens with zero attached hydrogens (tertiary/aromatic N) is 2. The van der Waals surface area contributed by atoms with Crippen LogP contribution in [0.1, 0.15) is 24.5 Å². The third-order valence-electron chi connectivity index (χ3n) is 4.94. The summed E-state index contributed by atoms with van der Waals surface area (Å²) in [5.74, 6) is 0.0141. The van der Waals surface area contributed by atoms with Crippen molar-refractivity contribution in [2.24, 2.45) is 5.73 Å².